The SMILES string of the molecule is CC(C)C(=O)Nc1ccc(NCCN2CCOCC2)cn1. The van der Waals surface area contributed by atoms with Gasteiger partial charge in [0.25, 0.3) is 0 Å². The summed E-state index contributed by atoms with van der Waals surface area (Å²) in [5.41, 5.74) is 0.964. The molecule has 2 heterocycles. The Kier molecular flexibility index (Phi) is 5.95. The molecule has 2 N–H and O–H groups in total. The maximum absolute atomic E-state index is 11.6. The summed E-state index contributed by atoms with van der Waals surface area (Å²) in [6.07, 6.45) is 1.75. The molecule has 116 valence electrons. The number of carbonyl (C=O) groups is 1. The predicted molar refractivity (Wildman–Crippen MR) is 83.5 cm³/mol. The van der Waals surface area contributed by atoms with Gasteiger partial charge in [-0.3, -0.25) is 9.69 Å². The lowest BCUT2D eigenvalue weighted by Gasteiger charge is -2.26. The Morgan fingerprint density at radius 3 is 2.76 bits per heavy atom. The maximum atomic E-state index is 11.6. The van der Waals surface area contributed by atoms with Gasteiger partial charge in [0.2, 0.25) is 5.91 Å². The van der Waals surface area contributed by atoms with Crippen LogP contribution in [0.3, 0.4) is 0 Å². The molecule has 1 aliphatic heterocycles. The monoisotopic (exact) mass is 292 g/mol. The van der Waals surface area contributed by atoms with Crippen LogP contribution in [0.25, 0.3) is 0 Å². The Balaban J connectivity index is 1.73. The summed E-state index contributed by atoms with van der Waals surface area (Å²) in [5, 5.41) is 6.11. The number of anilines is 2. The third kappa shape index (κ3) is 5.32. The third-order valence-corrected chi connectivity index (χ3v) is 3.40. The van der Waals surface area contributed by atoms with Crippen molar-refractivity contribution in [3.05, 3.63) is 18.3 Å². The molecular weight excluding hydrogens is 268 g/mol. The Morgan fingerprint density at radius 2 is 2.14 bits per heavy atom. The Labute approximate surface area is 125 Å². The van der Waals surface area contributed by atoms with Gasteiger partial charge in [0.05, 0.1) is 25.1 Å². The highest BCUT2D eigenvalue weighted by atomic mass is 16.5. The molecule has 0 radical (unpaired) electrons. The molecule has 1 aromatic rings. The number of ether oxygens (including phenoxy) is 1. The smallest absolute Gasteiger partial charge is 0.228 e. The molecule has 0 aliphatic carbocycles. The summed E-state index contributed by atoms with van der Waals surface area (Å²) in [6, 6.07) is 3.75. The van der Waals surface area contributed by atoms with E-state index in [0.29, 0.717) is 5.82 Å². The zero-order chi connectivity index (χ0) is 15.1. The van der Waals surface area contributed by atoms with Crippen LogP contribution in [0.1, 0.15) is 13.8 Å². The van der Waals surface area contributed by atoms with E-state index in [1.165, 1.54) is 0 Å². The first kappa shape index (κ1) is 15.7. The zero-order valence-electron chi connectivity index (χ0n) is 12.8. The summed E-state index contributed by atoms with van der Waals surface area (Å²) in [4.78, 5) is 18.2. The van der Waals surface area contributed by atoms with Crippen LogP contribution in [-0.2, 0) is 9.53 Å². The summed E-state index contributed by atoms with van der Waals surface area (Å²) in [6.45, 7) is 9.24. The predicted octanol–water partition coefficient (Wildman–Crippen LogP) is 1.42. The highest BCUT2D eigenvalue weighted by molar-refractivity contribution is 5.91. The van der Waals surface area contributed by atoms with Gasteiger partial charge in [-0.25, -0.2) is 4.98 Å². The number of pyridine rings is 1. The normalized spacial score (nSPS) is 16.0. The van der Waals surface area contributed by atoms with E-state index in [-0.39, 0.29) is 11.8 Å². The number of carbonyl (C=O) groups excluding carboxylic acids is 1. The molecule has 0 aromatic carbocycles. The van der Waals surface area contributed by atoms with Crippen molar-refractivity contribution in [3.63, 3.8) is 0 Å². The Morgan fingerprint density at radius 1 is 1.38 bits per heavy atom. The van der Waals surface area contributed by atoms with Crippen molar-refractivity contribution >= 4 is 17.4 Å². The minimum absolute atomic E-state index is 0.0180. The van der Waals surface area contributed by atoms with Gasteiger partial charge >= 0.3 is 0 Å². The highest BCUT2D eigenvalue weighted by Crippen LogP contribution is 2.10. The van der Waals surface area contributed by atoms with Crippen LogP contribution in [0.5, 0.6) is 0 Å². The van der Waals surface area contributed by atoms with Crippen molar-refractivity contribution < 1.29 is 9.53 Å². The van der Waals surface area contributed by atoms with Crippen LogP contribution in [-0.4, -0.2) is 55.2 Å². The van der Waals surface area contributed by atoms with E-state index < -0.39 is 0 Å². The third-order valence-electron chi connectivity index (χ3n) is 3.40. The van der Waals surface area contributed by atoms with Gasteiger partial charge in [0.15, 0.2) is 0 Å². The Bertz CT molecular complexity index is 441. The number of hydrogen-bond donors (Lipinski definition) is 2. The van der Waals surface area contributed by atoms with E-state index in [4.69, 9.17) is 4.74 Å². The van der Waals surface area contributed by atoms with Crippen molar-refractivity contribution in [1.29, 1.82) is 0 Å². The van der Waals surface area contributed by atoms with Crippen molar-refractivity contribution in [2.24, 2.45) is 5.92 Å². The number of morpholine rings is 1. The standard InChI is InChI=1S/C15H24N4O2/c1-12(2)15(20)18-14-4-3-13(11-17-14)16-5-6-19-7-9-21-10-8-19/h3-4,11-12,16H,5-10H2,1-2H3,(H,17,18,20). The van der Waals surface area contributed by atoms with Gasteiger partial charge in [0.1, 0.15) is 5.82 Å². The second-order valence-electron chi connectivity index (χ2n) is 5.46. The molecule has 1 fully saturated rings. The number of hydrogen-bond acceptors (Lipinski definition) is 5. The van der Waals surface area contributed by atoms with Crippen molar-refractivity contribution in [3.8, 4) is 0 Å². The topological polar surface area (TPSA) is 66.5 Å². The van der Waals surface area contributed by atoms with E-state index >= 15 is 0 Å². The van der Waals surface area contributed by atoms with Gasteiger partial charge in [0, 0.05) is 32.1 Å². The average Bonchev–Trinajstić information content (AvgIpc) is 2.50. The fourth-order valence-electron chi connectivity index (χ4n) is 2.03. The number of nitrogens with one attached hydrogen (secondary N) is 2. The van der Waals surface area contributed by atoms with E-state index in [0.717, 1.165) is 45.1 Å². The molecule has 6 heteroatoms. The first-order valence-electron chi connectivity index (χ1n) is 7.46. The second-order valence-corrected chi connectivity index (χ2v) is 5.46. The minimum atomic E-state index is -0.0434. The first-order valence-corrected chi connectivity index (χ1v) is 7.46. The number of nitrogens with zero attached hydrogens (tertiary/aromatic N) is 2. The summed E-state index contributed by atoms with van der Waals surface area (Å²) >= 11 is 0. The molecule has 0 bridgehead atoms. The molecule has 1 aromatic heterocycles. The lowest BCUT2D eigenvalue weighted by molar-refractivity contribution is -0.118. The minimum Gasteiger partial charge on any atom is -0.383 e. The van der Waals surface area contributed by atoms with Crippen LogP contribution < -0.4 is 10.6 Å². The lowest BCUT2D eigenvalue weighted by Crippen LogP contribution is -2.39. The number of rotatable bonds is 6. The van der Waals surface area contributed by atoms with Crippen LogP contribution in [0, 0.1) is 5.92 Å². The van der Waals surface area contributed by atoms with Gasteiger partial charge < -0.3 is 15.4 Å². The summed E-state index contributed by atoms with van der Waals surface area (Å²) in [5.74, 6) is 0.529. The fourth-order valence-corrected chi connectivity index (χ4v) is 2.03. The molecule has 0 saturated carbocycles. The fraction of sp³-hybridized carbons (Fsp3) is 0.600. The Hall–Kier alpha value is -1.66. The molecule has 0 spiro atoms. The molecule has 2 rings (SSSR count). The maximum Gasteiger partial charge on any atom is 0.228 e. The molecule has 6 nitrogen and oxygen atoms in total. The number of aromatic nitrogens is 1. The van der Waals surface area contributed by atoms with E-state index in [2.05, 4.69) is 20.5 Å². The molecule has 0 unspecified atom stereocenters. The summed E-state index contributed by atoms with van der Waals surface area (Å²) < 4.78 is 5.32. The highest BCUT2D eigenvalue weighted by Gasteiger charge is 2.09. The first-order chi connectivity index (χ1) is 10.1. The van der Waals surface area contributed by atoms with Gasteiger partial charge in [-0.2, -0.15) is 0 Å². The molecule has 1 amide bonds. The molecule has 0 atom stereocenters. The molecular formula is C15H24N4O2. The molecule has 21 heavy (non-hydrogen) atoms. The van der Waals surface area contributed by atoms with Gasteiger partial charge in [-0.05, 0) is 12.1 Å². The molecule has 1 aliphatic rings. The van der Waals surface area contributed by atoms with Crippen LogP contribution in [0.4, 0.5) is 11.5 Å². The quantitative estimate of drug-likeness (QED) is 0.830. The van der Waals surface area contributed by atoms with Crippen LogP contribution in [0.2, 0.25) is 0 Å². The largest absolute Gasteiger partial charge is 0.383 e. The van der Waals surface area contributed by atoms with Crippen molar-refractivity contribution in [1.82, 2.24) is 9.88 Å². The second kappa shape index (κ2) is 7.95. The van der Waals surface area contributed by atoms with E-state index in [1.807, 2.05) is 26.0 Å². The van der Waals surface area contributed by atoms with Gasteiger partial charge in [-0.15, -0.1) is 0 Å². The van der Waals surface area contributed by atoms with Crippen molar-refractivity contribution in [2.45, 2.75) is 13.8 Å². The van der Waals surface area contributed by atoms with Crippen molar-refractivity contribution in [2.75, 3.05) is 50.0 Å². The van der Waals surface area contributed by atoms with E-state index in [1.54, 1.807) is 6.20 Å². The van der Waals surface area contributed by atoms with Gasteiger partial charge in [-0.1, -0.05) is 13.8 Å². The van der Waals surface area contributed by atoms with E-state index in [9.17, 15) is 4.79 Å². The average molecular weight is 292 g/mol. The van der Waals surface area contributed by atoms with Crippen LogP contribution in [0.15, 0.2) is 18.3 Å². The molecule has 1 saturated heterocycles. The lowest BCUT2D eigenvalue weighted by atomic mass is 10.2. The summed E-state index contributed by atoms with van der Waals surface area (Å²) in [7, 11) is 0. The van der Waals surface area contributed by atoms with Crippen LogP contribution >= 0.6 is 0 Å². The number of amides is 1. The zero-order valence-corrected chi connectivity index (χ0v) is 12.8.